The van der Waals surface area contributed by atoms with Crippen molar-refractivity contribution < 1.29 is 19.1 Å². The van der Waals surface area contributed by atoms with E-state index in [1.54, 1.807) is 0 Å². The van der Waals surface area contributed by atoms with Crippen LogP contribution in [-0.4, -0.2) is 11.9 Å². The SMILES string of the molecule is Cc1ccc(N(c2ccc(C)cc2)c2ccc(C3=C4OC(=O)C(c5ccc(N(c6ccc(C)cc6)c6ccc(C)cc6)cc5)=C4OC3=O)cc2)cc1. The van der Waals surface area contributed by atoms with Gasteiger partial charge in [0.05, 0.1) is 0 Å². The van der Waals surface area contributed by atoms with Crippen molar-refractivity contribution in [3.05, 3.63) is 190 Å². The number of aryl methyl sites for hydroxylation is 4. The monoisotopic (exact) mass is 680 g/mol. The van der Waals surface area contributed by atoms with Crippen LogP contribution in [0, 0.1) is 27.7 Å². The Morgan fingerprint density at radius 3 is 0.769 bits per heavy atom. The average molecular weight is 681 g/mol. The van der Waals surface area contributed by atoms with Crippen LogP contribution < -0.4 is 9.80 Å². The second-order valence-corrected chi connectivity index (χ2v) is 13.3. The molecule has 0 spiro atoms. The zero-order valence-electron chi connectivity index (χ0n) is 29.4. The van der Waals surface area contributed by atoms with Gasteiger partial charge in [-0.2, -0.15) is 0 Å². The maximum atomic E-state index is 13.4. The van der Waals surface area contributed by atoms with Gasteiger partial charge >= 0.3 is 11.9 Å². The van der Waals surface area contributed by atoms with E-state index in [0.29, 0.717) is 11.1 Å². The molecule has 52 heavy (non-hydrogen) atoms. The molecule has 0 unspecified atom stereocenters. The van der Waals surface area contributed by atoms with Crippen molar-refractivity contribution in [2.45, 2.75) is 27.7 Å². The minimum absolute atomic E-state index is 0.150. The van der Waals surface area contributed by atoms with Crippen LogP contribution in [0.1, 0.15) is 33.4 Å². The number of anilines is 6. The number of ether oxygens (including phenoxy) is 2. The normalized spacial score (nSPS) is 13.6. The van der Waals surface area contributed by atoms with Crippen LogP contribution in [0.3, 0.4) is 0 Å². The highest BCUT2D eigenvalue weighted by Crippen LogP contribution is 2.45. The maximum Gasteiger partial charge on any atom is 0.348 e. The van der Waals surface area contributed by atoms with Gasteiger partial charge in [-0.05, 0) is 112 Å². The summed E-state index contributed by atoms with van der Waals surface area (Å²) in [4.78, 5) is 31.1. The highest BCUT2D eigenvalue weighted by atomic mass is 16.6. The molecular weight excluding hydrogens is 645 g/mol. The van der Waals surface area contributed by atoms with Gasteiger partial charge in [0.2, 0.25) is 0 Å². The van der Waals surface area contributed by atoms with E-state index in [1.165, 1.54) is 22.3 Å². The van der Waals surface area contributed by atoms with Crippen molar-refractivity contribution in [3.63, 3.8) is 0 Å². The van der Waals surface area contributed by atoms with E-state index in [0.717, 1.165) is 34.1 Å². The minimum Gasteiger partial charge on any atom is -0.418 e. The Labute approximate surface area is 303 Å². The van der Waals surface area contributed by atoms with Gasteiger partial charge in [0.15, 0.2) is 11.5 Å². The first-order chi connectivity index (χ1) is 25.2. The summed E-state index contributed by atoms with van der Waals surface area (Å²) in [6.45, 7) is 8.26. The van der Waals surface area contributed by atoms with Crippen LogP contribution in [0.4, 0.5) is 34.1 Å². The molecule has 6 heteroatoms. The molecule has 6 aromatic rings. The van der Waals surface area contributed by atoms with E-state index < -0.39 is 11.9 Å². The van der Waals surface area contributed by atoms with Gasteiger partial charge in [-0.25, -0.2) is 9.59 Å². The molecule has 0 N–H and O–H groups in total. The zero-order valence-corrected chi connectivity index (χ0v) is 29.4. The zero-order chi connectivity index (χ0) is 35.9. The number of carbonyl (C=O) groups excluding carboxylic acids is 2. The number of carbonyl (C=O) groups is 2. The summed E-state index contributed by atoms with van der Waals surface area (Å²) in [6.07, 6.45) is 0. The summed E-state index contributed by atoms with van der Waals surface area (Å²) in [5, 5.41) is 0. The Kier molecular flexibility index (Phi) is 8.28. The first-order valence-corrected chi connectivity index (χ1v) is 17.2. The molecule has 0 bridgehead atoms. The third-order valence-corrected chi connectivity index (χ3v) is 9.46. The van der Waals surface area contributed by atoms with E-state index in [4.69, 9.17) is 9.47 Å². The summed E-state index contributed by atoms with van der Waals surface area (Å²) in [6, 6.07) is 48.7. The number of hydrogen-bond donors (Lipinski definition) is 0. The Balaban J connectivity index is 1.13. The number of hydrogen-bond acceptors (Lipinski definition) is 6. The number of nitrogens with zero attached hydrogens (tertiary/aromatic N) is 2. The lowest BCUT2D eigenvalue weighted by atomic mass is 10.0. The molecule has 0 amide bonds. The second-order valence-electron chi connectivity index (χ2n) is 13.3. The van der Waals surface area contributed by atoms with E-state index in [-0.39, 0.29) is 22.7 Å². The molecule has 0 radical (unpaired) electrons. The first kappa shape index (κ1) is 32.5. The summed E-state index contributed by atoms with van der Waals surface area (Å²) in [5.41, 5.74) is 12.2. The Bertz CT molecular complexity index is 2110. The molecule has 0 atom stereocenters. The van der Waals surface area contributed by atoms with Crippen LogP contribution >= 0.6 is 0 Å². The predicted molar refractivity (Wildman–Crippen MR) is 207 cm³/mol. The largest absolute Gasteiger partial charge is 0.418 e. The number of fused-ring (bicyclic) bond motifs is 1. The number of esters is 2. The van der Waals surface area contributed by atoms with Gasteiger partial charge < -0.3 is 19.3 Å². The van der Waals surface area contributed by atoms with E-state index in [1.807, 2.05) is 48.5 Å². The lowest BCUT2D eigenvalue weighted by Crippen LogP contribution is -2.10. The van der Waals surface area contributed by atoms with E-state index in [9.17, 15) is 9.59 Å². The molecule has 6 aromatic carbocycles. The van der Waals surface area contributed by atoms with E-state index in [2.05, 4.69) is 135 Å². The minimum atomic E-state index is -0.557. The van der Waals surface area contributed by atoms with Crippen molar-refractivity contribution in [2.75, 3.05) is 9.80 Å². The van der Waals surface area contributed by atoms with Crippen molar-refractivity contribution in [1.82, 2.24) is 0 Å². The molecular formula is C46H36N2O4. The third kappa shape index (κ3) is 6.05. The summed E-state index contributed by atoms with van der Waals surface area (Å²) < 4.78 is 11.5. The fourth-order valence-corrected chi connectivity index (χ4v) is 6.62. The molecule has 254 valence electrons. The molecule has 2 aliphatic rings. The molecule has 8 rings (SSSR count). The topological polar surface area (TPSA) is 59.1 Å². The van der Waals surface area contributed by atoms with Gasteiger partial charge in [0.25, 0.3) is 0 Å². The van der Waals surface area contributed by atoms with Crippen molar-refractivity contribution in [3.8, 4) is 0 Å². The molecule has 2 heterocycles. The highest BCUT2D eigenvalue weighted by molar-refractivity contribution is 6.29. The molecule has 2 aliphatic heterocycles. The van der Waals surface area contributed by atoms with Crippen molar-refractivity contribution in [1.29, 1.82) is 0 Å². The fraction of sp³-hybridized carbons (Fsp3) is 0.0870. The predicted octanol–water partition coefficient (Wildman–Crippen LogP) is 11.1. The standard InChI is InChI=1S/C46H36N2O4/c1-29-5-17-35(18-6-29)47(36-19-7-30(2)8-20-36)39-25-13-33(14-26-39)41-43-44(52-45(41)49)42(46(50)51-43)34-15-27-40(28-16-34)48(37-21-9-31(3)10-22-37)38-23-11-32(4)12-24-38/h5-28H,1-4H3. The van der Waals surface area contributed by atoms with Crippen molar-refractivity contribution in [2.24, 2.45) is 0 Å². The third-order valence-electron chi connectivity index (χ3n) is 9.46. The Morgan fingerprint density at radius 1 is 0.327 bits per heavy atom. The number of rotatable bonds is 8. The fourth-order valence-electron chi connectivity index (χ4n) is 6.62. The smallest absolute Gasteiger partial charge is 0.348 e. The molecule has 0 saturated heterocycles. The van der Waals surface area contributed by atoms with E-state index >= 15 is 0 Å². The first-order valence-electron chi connectivity index (χ1n) is 17.2. The van der Waals surface area contributed by atoms with Gasteiger partial charge in [0.1, 0.15) is 11.1 Å². The summed E-state index contributed by atoms with van der Waals surface area (Å²) in [7, 11) is 0. The number of benzene rings is 6. The molecule has 0 fully saturated rings. The Morgan fingerprint density at radius 2 is 0.538 bits per heavy atom. The lowest BCUT2D eigenvalue weighted by Gasteiger charge is -2.26. The quantitative estimate of drug-likeness (QED) is 0.149. The molecule has 0 aromatic heterocycles. The average Bonchev–Trinajstić information content (AvgIpc) is 3.64. The van der Waals surface area contributed by atoms with Gasteiger partial charge in [-0.15, -0.1) is 0 Å². The highest BCUT2D eigenvalue weighted by Gasteiger charge is 2.43. The van der Waals surface area contributed by atoms with Crippen LogP contribution in [-0.2, 0) is 19.1 Å². The maximum absolute atomic E-state index is 13.4. The van der Waals surface area contributed by atoms with Gasteiger partial charge in [-0.1, -0.05) is 95.1 Å². The molecule has 0 saturated carbocycles. The summed E-state index contributed by atoms with van der Waals surface area (Å²) in [5.74, 6) is -0.815. The van der Waals surface area contributed by atoms with Crippen LogP contribution in [0.2, 0.25) is 0 Å². The lowest BCUT2D eigenvalue weighted by molar-refractivity contribution is -0.131. The Hall–Kier alpha value is -6.66. The van der Waals surface area contributed by atoms with Crippen LogP contribution in [0.15, 0.2) is 157 Å². The molecule has 0 aliphatic carbocycles. The van der Waals surface area contributed by atoms with Crippen LogP contribution in [0.25, 0.3) is 11.1 Å². The van der Waals surface area contributed by atoms with Crippen LogP contribution in [0.5, 0.6) is 0 Å². The van der Waals surface area contributed by atoms with Gasteiger partial charge in [0, 0.05) is 34.1 Å². The summed E-state index contributed by atoms with van der Waals surface area (Å²) >= 11 is 0. The second kappa shape index (κ2) is 13.2. The molecule has 6 nitrogen and oxygen atoms in total. The van der Waals surface area contributed by atoms with Crippen molar-refractivity contribution >= 4 is 57.2 Å². The van der Waals surface area contributed by atoms with Gasteiger partial charge in [-0.3, -0.25) is 0 Å².